The number of hydrogen-bond acceptors (Lipinski definition) is 10. The molecule has 3 N–H and O–H groups in total. The minimum atomic E-state index is -0.829. The maximum absolute atomic E-state index is 12.3. The summed E-state index contributed by atoms with van der Waals surface area (Å²) >= 11 is 0. The quantitative estimate of drug-likeness (QED) is 0.149. The molecule has 10 saturated carbocycles. The van der Waals surface area contributed by atoms with Crippen molar-refractivity contribution < 1.29 is 48.7 Å². The fourth-order valence-electron chi connectivity index (χ4n) is 14.0. The average Bonchev–Trinajstić information content (AvgIpc) is 3.74. The molecule has 318 valence electrons. The van der Waals surface area contributed by atoms with E-state index in [1.54, 1.807) is 0 Å². The molecule has 11 fully saturated rings. The molecule has 0 radical (unpaired) electrons. The molecular formula is C46H74O10. The van der Waals surface area contributed by atoms with Gasteiger partial charge in [0.05, 0.1) is 29.0 Å². The largest absolute Gasteiger partial charge is 0.459 e. The van der Waals surface area contributed by atoms with Crippen molar-refractivity contribution in [2.75, 3.05) is 0 Å². The summed E-state index contributed by atoms with van der Waals surface area (Å²) in [5, 5.41) is 30.9. The van der Waals surface area contributed by atoms with Crippen molar-refractivity contribution in [2.24, 2.45) is 64.6 Å². The van der Waals surface area contributed by atoms with Crippen molar-refractivity contribution in [3.8, 4) is 0 Å². The van der Waals surface area contributed by atoms with Gasteiger partial charge in [0.2, 0.25) is 0 Å². The molecule has 11 atom stereocenters. The summed E-state index contributed by atoms with van der Waals surface area (Å²) in [6.45, 7) is 16.1. The smallest absolute Gasteiger partial charge is 0.309 e. The molecular weight excluding hydrogens is 712 g/mol. The maximum atomic E-state index is 12.3. The number of aliphatic hydroxyl groups excluding tert-OH is 1. The van der Waals surface area contributed by atoms with Gasteiger partial charge in [0, 0.05) is 30.6 Å². The fraction of sp³-hybridized carbons (Fsp3) is 0.935. The molecule has 0 aromatic carbocycles. The minimum Gasteiger partial charge on any atom is -0.459 e. The van der Waals surface area contributed by atoms with Crippen molar-refractivity contribution in [2.45, 2.75) is 205 Å². The Morgan fingerprint density at radius 2 is 1.18 bits per heavy atom. The highest BCUT2D eigenvalue weighted by Gasteiger charge is 2.65. The van der Waals surface area contributed by atoms with Crippen LogP contribution in [0.3, 0.4) is 0 Å². The number of ether oxygens (including phenoxy) is 4. The molecule has 10 aliphatic carbocycles. The number of carbonyl (C=O) groups is 3. The monoisotopic (exact) mass is 787 g/mol. The normalized spacial score (nSPS) is 45.9. The lowest BCUT2D eigenvalue weighted by Crippen LogP contribution is -2.67. The van der Waals surface area contributed by atoms with E-state index in [0.29, 0.717) is 31.1 Å². The minimum absolute atomic E-state index is 0.00763. The first-order valence-corrected chi connectivity index (χ1v) is 22.7. The molecule has 11 aliphatic rings. The Kier molecular flexibility index (Phi) is 11.6. The summed E-state index contributed by atoms with van der Waals surface area (Å²) in [6.07, 6.45) is 15.6. The van der Waals surface area contributed by atoms with Crippen LogP contribution in [0.1, 0.15) is 165 Å². The summed E-state index contributed by atoms with van der Waals surface area (Å²) in [5.41, 5.74) is -2.30. The van der Waals surface area contributed by atoms with E-state index in [0.717, 1.165) is 69.1 Å². The zero-order valence-corrected chi connectivity index (χ0v) is 35.7. The Balaban J connectivity index is 0.000000129. The second-order valence-corrected chi connectivity index (χ2v) is 21.6. The Morgan fingerprint density at radius 1 is 0.679 bits per heavy atom. The Bertz CT molecular complexity index is 1420. The molecule has 0 aromatic rings. The summed E-state index contributed by atoms with van der Waals surface area (Å²) in [7, 11) is 0. The van der Waals surface area contributed by atoms with Crippen LogP contribution in [-0.2, 0) is 33.3 Å². The maximum Gasteiger partial charge on any atom is 0.309 e. The van der Waals surface area contributed by atoms with E-state index in [4.69, 9.17) is 18.9 Å². The third-order valence-electron chi connectivity index (χ3n) is 16.8. The highest BCUT2D eigenvalue weighted by atomic mass is 16.6. The summed E-state index contributed by atoms with van der Waals surface area (Å²) in [5.74, 6) is 3.67. The van der Waals surface area contributed by atoms with Gasteiger partial charge < -0.3 is 34.3 Å². The highest BCUT2D eigenvalue weighted by molar-refractivity contribution is 5.73. The predicted octanol–water partition coefficient (Wildman–Crippen LogP) is 7.66. The first-order chi connectivity index (χ1) is 26.2. The van der Waals surface area contributed by atoms with Crippen LogP contribution in [0.15, 0.2) is 0 Å². The summed E-state index contributed by atoms with van der Waals surface area (Å²) < 4.78 is 23.0. The zero-order valence-electron chi connectivity index (χ0n) is 35.7. The van der Waals surface area contributed by atoms with Gasteiger partial charge in [-0.2, -0.15) is 0 Å². The number of fused-ring (bicyclic) bond motifs is 1. The summed E-state index contributed by atoms with van der Waals surface area (Å²) in [6, 6.07) is 0. The van der Waals surface area contributed by atoms with E-state index >= 15 is 0 Å². The number of aliphatic hydroxyl groups is 3. The number of carbonyl (C=O) groups excluding carboxylic acids is 3. The molecule has 0 aromatic heterocycles. The van der Waals surface area contributed by atoms with Crippen LogP contribution in [0.2, 0.25) is 0 Å². The molecule has 1 saturated heterocycles. The SMILES string of the molecule is CCC(C)C(=O)OC(C)(C)C12CC3CC(CC(C3)C1)C2.CCC(C)C(=O)OC12CC3CC(O)(CC(O)(C3)C1)C2.CCC(C)C(=O)OC1C2CC3C1O[C@H](O)C3C2. The van der Waals surface area contributed by atoms with Crippen LogP contribution >= 0.6 is 0 Å². The van der Waals surface area contributed by atoms with Crippen molar-refractivity contribution in [1.82, 2.24) is 0 Å². The predicted molar refractivity (Wildman–Crippen MR) is 210 cm³/mol. The highest BCUT2D eigenvalue weighted by Crippen LogP contribution is 2.65. The number of rotatable bonds is 10. The van der Waals surface area contributed by atoms with Gasteiger partial charge in [-0.15, -0.1) is 0 Å². The van der Waals surface area contributed by atoms with Crippen LogP contribution in [-0.4, -0.2) is 74.1 Å². The fourth-order valence-corrected chi connectivity index (χ4v) is 14.0. The molecule has 0 spiro atoms. The van der Waals surface area contributed by atoms with Gasteiger partial charge in [-0.3, -0.25) is 14.4 Å². The van der Waals surface area contributed by atoms with E-state index < -0.39 is 23.1 Å². The zero-order chi connectivity index (χ0) is 40.6. The van der Waals surface area contributed by atoms with Crippen LogP contribution < -0.4 is 0 Å². The lowest BCUT2D eigenvalue weighted by Gasteiger charge is -2.62. The van der Waals surface area contributed by atoms with Crippen molar-refractivity contribution >= 4 is 17.9 Å². The topological polar surface area (TPSA) is 149 Å². The van der Waals surface area contributed by atoms with Gasteiger partial charge in [0.25, 0.3) is 0 Å². The lowest BCUT2D eigenvalue weighted by molar-refractivity contribution is -0.262. The van der Waals surface area contributed by atoms with E-state index in [1.807, 2.05) is 34.6 Å². The molecule has 11 rings (SSSR count). The molecule has 1 aliphatic heterocycles. The number of hydrogen-bond donors (Lipinski definition) is 3. The molecule has 56 heavy (non-hydrogen) atoms. The van der Waals surface area contributed by atoms with E-state index in [-0.39, 0.29) is 70.7 Å². The molecule has 10 unspecified atom stereocenters. The molecule has 10 bridgehead atoms. The van der Waals surface area contributed by atoms with E-state index in [9.17, 15) is 29.7 Å². The van der Waals surface area contributed by atoms with Crippen molar-refractivity contribution in [3.63, 3.8) is 0 Å². The molecule has 0 amide bonds. The number of esters is 3. The second-order valence-electron chi connectivity index (χ2n) is 21.6. The third kappa shape index (κ3) is 7.97. The Morgan fingerprint density at radius 3 is 1.70 bits per heavy atom. The average molecular weight is 787 g/mol. The molecule has 10 heteroatoms. The van der Waals surface area contributed by atoms with Gasteiger partial charge in [-0.05, 0) is 139 Å². The van der Waals surface area contributed by atoms with Gasteiger partial charge >= 0.3 is 17.9 Å². The van der Waals surface area contributed by atoms with E-state index in [1.165, 1.54) is 38.5 Å². The van der Waals surface area contributed by atoms with Crippen LogP contribution in [0.4, 0.5) is 0 Å². The van der Waals surface area contributed by atoms with Crippen LogP contribution in [0, 0.1) is 64.6 Å². The third-order valence-corrected chi connectivity index (χ3v) is 16.8. The van der Waals surface area contributed by atoms with Gasteiger partial charge in [-0.1, -0.05) is 41.5 Å². The Labute approximate surface area is 335 Å². The van der Waals surface area contributed by atoms with E-state index in [2.05, 4.69) is 20.8 Å². The van der Waals surface area contributed by atoms with Crippen LogP contribution in [0.5, 0.6) is 0 Å². The molecule has 1 heterocycles. The Hall–Kier alpha value is -1.75. The van der Waals surface area contributed by atoms with Gasteiger partial charge in [0.15, 0.2) is 6.29 Å². The standard InChI is InChI=1S/C18H30O2.C15H24O4.C13H20O4/c1-5-12(2)16(19)20-17(3,4)18-9-13-6-14(10-18)8-15(7-13)11-18;1-3-10(2)12(16)19-15-6-11-4-13(17,8-15)7-14(18,5-11)9-15;1-3-6(2)12(14)16-10-7-4-8-9(5-7)13(15)17-11(8)10/h12-15H,5-11H2,1-4H3;10-11,17-18H,3-9H2,1-2H3;6-11,13,15H,3-5H2,1-2H3/t;;6?,7?,8?,9?,10?,11?,13-/m..0/s1. The first kappa shape index (κ1) is 42.4. The summed E-state index contributed by atoms with van der Waals surface area (Å²) in [4.78, 5) is 36.2. The van der Waals surface area contributed by atoms with Crippen molar-refractivity contribution in [3.05, 3.63) is 0 Å². The first-order valence-electron chi connectivity index (χ1n) is 22.7. The van der Waals surface area contributed by atoms with Gasteiger partial charge in [-0.25, -0.2) is 0 Å². The lowest BCUT2D eigenvalue weighted by atomic mass is 9.46. The second kappa shape index (κ2) is 15.4. The van der Waals surface area contributed by atoms with Crippen molar-refractivity contribution in [1.29, 1.82) is 0 Å². The van der Waals surface area contributed by atoms with Crippen LogP contribution in [0.25, 0.3) is 0 Å². The molecule has 10 nitrogen and oxygen atoms in total. The van der Waals surface area contributed by atoms with Gasteiger partial charge in [0.1, 0.15) is 23.4 Å².